The number of aromatic nitrogens is 1. The molecule has 1 aromatic carbocycles. The summed E-state index contributed by atoms with van der Waals surface area (Å²) in [6, 6.07) is 9.60. The molecule has 0 aliphatic rings. The van der Waals surface area contributed by atoms with Crippen LogP contribution in [0.4, 0.5) is 0 Å². The average molecular weight is 402 g/mol. The zero-order chi connectivity index (χ0) is 16.2. The van der Waals surface area contributed by atoms with Gasteiger partial charge in [-0.1, -0.05) is 33.6 Å². The second kappa shape index (κ2) is 7.04. The summed E-state index contributed by atoms with van der Waals surface area (Å²) in [4.78, 5) is 15.9. The maximum Gasteiger partial charge on any atom is 0.266 e. The Labute approximate surface area is 141 Å². The Balaban J connectivity index is 2.14. The number of carbonyl (C=O) groups excluding carboxylic acids is 1. The Hall–Kier alpha value is -1.70. The van der Waals surface area contributed by atoms with Crippen LogP contribution in [-0.4, -0.2) is 19.3 Å². The van der Waals surface area contributed by atoms with E-state index < -0.39 is 15.9 Å². The smallest absolute Gasteiger partial charge is 0.266 e. The van der Waals surface area contributed by atoms with Crippen molar-refractivity contribution < 1.29 is 13.2 Å². The average Bonchev–Trinajstić information content (AvgIpc) is 2.45. The quantitative estimate of drug-likeness (QED) is 0.853. The van der Waals surface area contributed by atoms with Crippen LogP contribution in [0.15, 0.2) is 52.5 Å². The van der Waals surface area contributed by atoms with Crippen LogP contribution in [0.1, 0.15) is 16.1 Å². The van der Waals surface area contributed by atoms with E-state index in [1.165, 1.54) is 24.4 Å². The van der Waals surface area contributed by atoms with E-state index in [0.29, 0.717) is 10.2 Å². The van der Waals surface area contributed by atoms with Crippen LogP contribution in [-0.2, 0) is 10.0 Å². The number of halogens is 2. The molecule has 0 fully saturated rings. The van der Waals surface area contributed by atoms with Gasteiger partial charge in [0.1, 0.15) is 0 Å². The number of rotatable bonds is 4. The number of nitrogens with zero attached hydrogens (tertiary/aromatic N) is 1. The van der Waals surface area contributed by atoms with Gasteiger partial charge in [-0.05, 0) is 36.4 Å². The predicted octanol–water partition coefficient (Wildman–Crippen LogP) is 3.23. The van der Waals surface area contributed by atoms with Gasteiger partial charge in [0.05, 0.1) is 21.7 Å². The monoisotopic (exact) mass is 400 g/mol. The summed E-state index contributed by atoms with van der Waals surface area (Å²) in [5.41, 5.74) is 0.529. The maximum absolute atomic E-state index is 12.0. The van der Waals surface area contributed by atoms with Gasteiger partial charge in [0.25, 0.3) is 15.9 Å². The van der Waals surface area contributed by atoms with Gasteiger partial charge in [-0.25, -0.2) is 13.1 Å². The third-order valence-corrected chi connectivity index (χ3v) is 4.29. The summed E-state index contributed by atoms with van der Waals surface area (Å²) in [5, 5.41) is 1.02. The molecule has 0 unspecified atom stereocenters. The highest BCUT2D eigenvalue weighted by Crippen LogP contribution is 2.21. The summed E-state index contributed by atoms with van der Waals surface area (Å²) in [6.45, 7) is 0. The summed E-state index contributed by atoms with van der Waals surface area (Å²) < 4.78 is 26.3. The first-order valence-electron chi connectivity index (χ1n) is 5.99. The van der Waals surface area contributed by atoms with Crippen molar-refractivity contribution in [2.45, 2.75) is 0 Å². The molecule has 2 rings (SSSR count). The number of benzene rings is 1. The summed E-state index contributed by atoms with van der Waals surface area (Å²) in [5.74, 6) is -0.803. The standard InChI is InChI=1S/C14H10BrClN2O3S/c15-10-4-5-12(13(16)9-10)14(19)18-22(20,21)8-6-11-3-1-2-7-17-11/h1-9H,(H,18,19). The Morgan fingerprint density at radius 2 is 2.05 bits per heavy atom. The van der Waals surface area contributed by atoms with Gasteiger partial charge in [-0.2, -0.15) is 0 Å². The third kappa shape index (κ3) is 4.66. The lowest BCUT2D eigenvalue weighted by Crippen LogP contribution is -2.29. The van der Waals surface area contributed by atoms with Crippen molar-refractivity contribution in [1.82, 2.24) is 9.71 Å². The Morgan fingerprint density at radius 1 is 1.27 bits per heavy atom. The van der Waals surface area contributed by atoms with Gasteiger partial charge < -0.3 is 0 Å². The fraction of sp³-hybridized carbons (Fsp3) is 0. The fourth-order valence-corrected chi connectivity index (χ4v) is 3.04. The first-order chi connectivity index (χ1) is 10.4. The molecule has 0 aliphatic carbocycles. The first kappa shape index (κ1) is 16.7. The molecule has 0 spiro atoms. The Bertz CT molecular complexity index is 823. The third-order valence-electron chi connectivity index (χ3n) is 2.52. The Morgan fingerprint density at radius 3 is 2.68 bits per heavy atom. The minimum Gasteiger partial charge on any atom is -0.268 e. The molecule has 8 heteroatoms. The van der Waals surface area contributed by atoms with Crippen LogP contribution in [0.2, 0.25) is 5.02 Å². The largest absolute Gasteiger partial charge is 0.268 e. The number of nitrogens with one attached hydrogen (secondary N) is 1. The highest BCUT2D eigenvalue weighted by molar-refractivity contribution is 9.10. The van der Waals surface area contributed by atoms with Crippen molar-refractivity contribution in [2.24, 2.45) is 0 Å². The lowest BCUT2D eigenvalue weighted by molar-refractivity contribution is 0.0982. The van der Waals surface area contributed by atoms with Crippen molar-refractivity contribution >= 4 is 49.5 Å². The molecule has 5 nitrogen and oxygen atoms in total. The van der Waals surface area contributed by atoms with Crippen molar-refractivity contribution in [2.75, 3.05) is 0 Å². The molecule has 1 aromatic heterocycles. The molecule has 114 valence electrons. The molecule has 1 N–H and O–H groups in total. The number of pyridine rings is 1. The van der Waals surface area contributed by atoms with E-state index in [0.717, 1.165) is 5.41 Å². The van der Waals surface area contributed by atoms with E-state index in [9.17, 15) is 13.2 Å². The van der Waals surface area contributed by atoms with Crippen LogP contribution in [0.3, 0.4) is 0 Å². The van der Waals surface area contributed by atoms with Gasteiger partial charge in [0.15, 0.2) is 0 Å². The van der Waals surface area contributed by atoms with Gasteiger partial charge >= 0.3 is 0 Å². The van der Waals surface area contributed by atoms with Crippen LogP contribution in [0, 0.1) is 0 Å². The summed E-state index contributed by atoms with van der Waals surface area (Å²) >= 11 is 9.12. The van der Waals surface area contributed by atoms with Crippen molar-refractivity contribution in [3.8, 4) is 0 Å². The highest BCUT2D eigenvalue weighted by Gasteiger charge is 2.16. The molecule has 0 saturated heterocycles. The molecule has 1 amide bonds. The first-order valence-corrected chi connectivity index (χ1v) is 8.70. The molecule has 0 radical (unpaired) electrons. The highest BCUT2D eigenvalue weighted by atomic mass is 79.9. The number of carbonyl (C=O) groups is 1. The summed E-state index contributed by atoms with van der Waals surface area (Å²) in [7, 11) is -3.94. The molecule has 0 atom stereocenters. The van der Waals surface area contributed by atoms with E-state index in [4.69, 9.17) is 11.6 Å². The van der Waals surface area contributed by atoms with Gasteiger partial charge in [-0.15, -0.1) is 0 Å². The zero-order valence-corrected chi connectivity index (χ0v) is 14.2. The molecule has 1 heterocycles. The van der Waals surface area contributed by atoms with Crippen molar-refractivity contribution in [3.05, 3.63) is 68.8 Å². The number of hydrogen-bond acceptors (Lipinski definition) is 4. The van der Waals surface area contributed by atoms with Crippen LogP contribution < -0.4 is 4.72 Å². The van der Waals surface area contributed by atoms with Crippen molar-refractivity contribution in [3.63, 3.8) is 0 Å². The van der Waals surface area contributed by atoms with E-state index >= 15 is 0 Å². The number of amides is 1. The molecule has 22 heavy (non-hydrogen) atoms. The van der Waals surface area contributed by atoms with E-state index in [1.807, 2.05) is 4.72 Å². The molecule has 0 saturated carbocycles. The topological polar surface area (TPSA) is 76.1 Å². The number of hydrogen-bond donors (Lipinski definition) is 1. The van der Waals surface area contributed by atoms with Gasteiger partial charge in [0, 0.05) is 10.7 Å². The maximum atomic E-state index is 12.0. The van der Waals surface area contributed by atoms with Crippen LogP contribution in [0.5, 0.6) is 0 Å². The lowest BCUT2D eigenvalue weighted by Gasteiger charge is -2.05. The van der Waals surface area contributed by atoms with E-state index in [-0.39, 0.29) is 10.6 Å². The minimum absolute atomic E-state index is 0.0691. The minimum atomic E-state index is -3.94. The Kier molecular flexibility index (Phi) is 5.33. The predicted molar refractivity (Wildman–Crippen MR) is 88.8 cm³/mol. The van der Waals surface area contributed by atoms with Gasteiger partial charge in [-0.3, -0.25) is 9.78 Å². The van der Waals surface area contributed by atoms with Crippen LogP contribution >= 0.6 is 27.5 Å². The molecule has 0 bridgehead atoms. The molecular formula is C14H10BrClN2O3S. The molecular weight excluding hydrogens is 392 g/mol. The van der Waals surface area contributed by atoms with E-state index in [2.05, 4.69) is 20.9 Å². The number of sulfonamides is 1. The second-order valence-corrected chi connectivity index (χ2v) is 7.05. The zero-order valence-electron chi connectivity index (χ0n) is 11.0. The summed E-state index contributed by atoms with van der Waals surface area (Å²) in [6.07, 6.45) is 2.82. The van der Waals surface area contributed by atoms with Crippen LogP contribution in [0.25, 0.3) is 6.08 Å². The molecule has 0 aliphatic heterocycles. The fourth-order valence-electron chi connectivity index (χ4n) is 1.53. The normalized spacial score (nSPS) is 11.5. The second-order valence-electron chi connectivity index (χ2n) is 4.16. The molecule has 2 aromatic rings. The lowest BCUT2D eigenvalue weighted by atomic mass is 10.2. The van der Waals surface area contributed by atoms with E-state index in [1.54, 1.807) is 24.3 Å². The van der Waals surface area contributed by atoms with Gasteiger partial charge in [0.2, 0.25) is 0 Å². The SMILES string of the molecule is O=C(NS(=O)(=O)C=Cc1ccccn1)c1ccc(Br)cc1Cl. The van der Waals surface area contributed by atoms with Crippen molar-refractivity contribution in [1.29, 1.82) is 0 Å².